The van der Waals surface area contributed by atoms with E-state index in [9.17, 15) is 62.2 Å². The smallest absolute Gasteiger partial charge is 0.460 e. The van der Waals surface area contributed by atoms with Gasteiger partial charge >= 0.3 is 35.8 Å². The van der Waals surface area contributed by atoms with E-state index < -0.39 is 59.3 Å². The lowest BCUT2D eigenvalue weighted by Crippen LogP contribution is -2.70. The molecule has 0 aliphatic rings. The number of hydrogen-bond donors (Lipinski definition) is 1. The number of ether oxygens (including phenoxy) is 1. The zero-order chi connectivity index (χ0) is 31.9. The number of benzene rings is 2. The highest BCUT2D eigenvalue weighted by molar-refractivity contribution is 5.35. The lowest BCUT2D eigenvalue weighted by molar-refractivity contribution is -0.441. The molecule has 232 valence electrons. The van der Waals surface area contributed by atoms with E-state index in [-0.39, 0.29) is 23.8 Å². The molecule has 2 aromatic rings. The van der Waals surface area contributed by atoms with Crippen molar-refractivity contribution in [3.63, 3.8) is 0 Å². The van der Waals surface area contributed by atoms with Gasteiger partial charge in [0.15, 0.2) is 0 Å². The molecular formula is C26H25F13O2. The van der Waals surface area contributed by atoms with Gasteiger partial charge < -0.3 is 9.84 Å². The van der Waals surface area contributed by atoms with Crippen molar-refractivity contribution in [2.45, 2.75) is 74.5 Å². The van der Waals surface area contributed by atoms with Crippen molar-refractivity contribution in [2.75, 3.05) is 6.61 Å². The van der Waals surface area contributed by atoms with E-state index in [4.69, 9.17) is 4.74 Å². The first-order valence-corrected chi connectivity index (χ1v) is 11.8. The van der Waals surface area contributed by atoms with Crippen LogP contribution in [0.2, 0.25) is 0 Å². The third kappa shape index (κ3) is 6.09. The Balaban J connectivity index is 2.64. The van der Waals surface area contributed by atoms with Crippen LogP contribution in [0.4, 0.5) is 57.1 Å². The second-order valence-corrected chi connectivity index (χ2v) is 9.96. The summed E-state index contributed by atoms with van der Waals surface area (Å²) in [4.78, 5) is 0. The first-order valence-electron chi connectivity index (χ1n) is 11.8. The second kappa shape index (κ2) is 11.2. The average Bonchev–Trinajstić information content (AvgIpc) is 2.86. The molecule has 0 amide bonds. The highest BCUT2D eigenvalue weighted by atomic mass is 19.4. The van der Waals surface area contributed by atoms with Gasteiger partial charge in [0.25, 0.3) is 0 Å². The Labute approximate surface area is 226 Å². The molecule has 0 radical (unpaired) electrons. The van der Waals surface area contributed by atoms with Crippen LogP contribution in [0.5, 0.6) is 5.75 Å². The zero-order valence-corrected chi connectivity index (χ0v) is 21.5. The first-order chi connectivity index (χ1) is 18.4. The molecule has 0 aliphatic carbocycles. The van der Waals surface area contributed by atoms with Crippen LogP contribution in [-0.2, 0) is 5.60 Å². The fraction of sp³-hybridized carbons (Fsp3) is 0.538. The Kier molecular flexibility index (Phi) is 9.40. The van der Waals surface area contributed by atoms with E-state index in [0.717, 1.165) is 31.2 Å². The second-order valence-electron chi connectivity index (χ2n) is 9.96. The Morgan fingerprint density at radius 3 is 1.54 bits per heavy atom. The number of hydrogen-bond acceptors (Lipinski definition) is 2. The van der Waals surface area contributed by atoms with Crippen LogP contribution in [0.1, 0.15) is 44.2 Å². The van der Waals surface area contributed by atoms with Gasteiger partial charge in [-0.3, -0.25) is 0 Å². The van der Waals surface area contributed by atoms with E-state index in [1.54, 1.807) is 13.8 Å². The predicted molar refractivity (Wildman–Crippen MR) is 121 cm³/mol. The van der Waals surface area contributed by atoms with Crippen LogP contribution < -0.4 is 4.74 Å². The Bertz CT molecular complexity index is 1150. The number of alkyl halides is 13. The molecule has 0 saturated heterocycles. The van der Waals surface area contributed by atoms with Gasteiger partial charge in [0, 0.05) is 5.92 Å². The van der Waals surface area contributed by atoms with Gasteiger partial charge in [-0.1, -0.05) is 63.2 Å². The summed E-state index contributed by atoms with van der Waals surface area (Å²) >= 11 is 0. The number of rotatable bonds is 12. The molecule has 2 nitrogen and oxygen atoms in total. The van der Waals surface area contributed by atoms with E-state index in [1.807, 2.05) is 0 Å². The fourth-order valence-corrected chi connectivity index (χ4v) is 3.88. The quantitative estimate of drug-likeness (QED) is 0.242. The molecule has 41 heavy (non-hydrogen) atoms. The molecule has 0 spiro atoms. The summed E-state index contributed by atoms with van der Waals surface area (Å²) in [7, 11) is 0. The van der Waals surface area contributed by atoms with E-state index in [0.29, 0.717) is 0 Å². The highest BCUT2D eigenvalue weighted by Crippen LogP contribution is 2.62. The molecule has 0 bridgehead atoms. The molecule has 2 aromatic carbocycles. The van der Waals surface area contributed by atoms with Gasteiger partial charge in [-0.05, 0) is 29.2 Å². The van der Waals surface area contributed by atoms with Crippen molar-refractivity contribution in [2.24, 2.45) is 5.92 Å². The van der Waals surface area contributed by atoms with Gasteiger partial charge in [0.05, 0.1) is 13.0 Å². The minimum Gasteiger partial charge on any atom is -0.493 e. The van der Waals surface area contributed by atoms with Crippen molar-refractivity contribution in [1.29, 1.82) is 0 Å². The van der Waals surface area contributed by atoms with E-state index in [1.165, 1.54) is 30.3 Å². The van der Waals surface area contributed by atoms with Gasteiger partial charge in [-0.2, -0.15) is 57.1 Å². The average molecular weight is 616 g/mol. The SMILES string of the molecule is CC(C)COc1ccc(C(O)(CC(F)(F)C(F)(F)C(F)(F)C(F)(F)C(F)(F)C(F)(F)F)C(C)c2ccccc2)cc1. The summed E-state index contributed by atoms with van der Waals surface area (Å²) in [5.74, 6) is -39.3. The fourth-order valence-electron chi connectivity index (χ4n) is 3.88. The normalized spacial score (nSPS) is 16.4. The molecule has 0 aliphatic heterocycles. The molecule has 0 aromatic heterocycles. The first kappa shape index (κ1) is 34.5. The molecule has 0 heterocycles. The van der Waals surface area contributed by atoms with Crippen molar-refractivity contribution in [3.05, 3.63) is 65.7 Å². The van der Waals surface area contributed by atoms with E-state index in [2.05, 4.69) is 0 Å². The third-order valence-electron chi connectivity index (χ3n) is 6.44. The topological polar surface area (TPSA) is 29.5 Å². The van der Waals surface area contributed by atoms with Gasteiger partial charge in [0.2, 0.25) is 0 Å². The van der Waals surface area contributed by atoms with Crippen molar-refractivity contribution in [3.8, 4) is 5.75 Å². The standard InChI is InChI=1S/C26H25F13O2/c1-15(2)13-41-19-11-9-18(10-12-19)20(40,16(3)17-7-5-4-6-8-17)14-21(27,28)22(29,30)23(31,32)24(33,34)25(35,36)26(37,38)39/h4-12,15-16,40H,13-14H2,1-3H3. The molecule has 2 rings (SSSR count). The van der Waals surface area contributed by atoms with Crippen LogP contribution in [0, 0.1) is 5.92 Å². The van der Waals surface area contributed by atoms with Crippen LogP contribution >= 0.6 is 0 Å². The summed E-state index contributed by atoms with van der Waals surface area (Å²) in [5.41, 5.74) is -3.95. The van der Waals surface area contributed by atoms with Gasteiger partial charge in [0.1, 0.15) is 11.4 Å². The molecular weight excluding hydrogens is 591 g/mol. The lowest BCUT2D eigenvalue weighted by atomic mass is 9.73. The zero-order valence-electron chi connectivity index (χ0n) is 21.5. The number of halogens is 13. The molecule has 0 saturated carbocycles. The van der Waals surface area contributed by atoms with Gasteiger partial charge in [-0.15, -0.1) is 0 Å². The highest BCUT2D eigenvalue weighted by Gasteiger charge is 2.90. The monoisotopic (exact) mass is 616 g/mol. The van der Waals surface area contributed by atoms with E-state index >= 15 is 0 Å². The number of aliphatic hydroxyl groups is 1. The Morgan fingerprint density at radius 1 is 0.634 bits per heavy atom. The molecule has 2 atom stereocenters. The van der Waals surface area contributed by atoms with Crippen molar-refractivity contribution >= 4 is 0 Å². The Hall–Kier alpha value is -2.71. The summed E-state index contributed by atoms with van der Waals surface area (Å²) in [5, 5.41) is 11.4. The van der Waals surface area contributed by atoms with Crippen LogP contribution in [0.25, 0.3) is 0 Å². The van der Waals surface area contributed by atoms with Crippen LogP contribution in [0.15, 0.2) is 54.6 Å². The molecule has 1 N–H and O–H groups in total. The Morgan fingerprint density at radius 2 is 1.10 bits per heavy atom. The van der Waals surface area contributed by atoms with Crippen LogP contribution in [-0.4, -0.2) is 47.5 Å². The maximum absolute atomic E-state index is 15.0. The summed E-state index contributed by atoms with van der Waals surface area (Å²) in [6.07, 6.45) is -10.3. The molecule has 0 fully saturated rings. The maximum atomic E-state index is 15.0. The molecule has 15 heteroatoms. The summed E-state index contributed by atoms with van der Waals surface area (Å²) in [6.45, 7) is 4.72. The van der Waals surface area contributed by atoms with Crippen LogP contribution in [0.3, 0.4) is 0 Å². The summed E-state index contributed by atoms with van der Waals surface area (Å²) in [6, 6.07) is 10.5. The largest absolute Gasteiger partial charge is 0.493 e. The third-order valence-corrected chi connectivity index (χ3v) is 6.44. The van der Waals surface area contributed by atoms with Crippen molar-refractivity contribution < 1.29 is 66.9 Å². The maximum Gasteiger partial charge on any atom is 0.460 e. The van der Waals surface area contributed by atoms with Gasteiger partial charge in [-0.25, -0.2) is 0 Å². The predicted octanol–water partition coefficient (Wildman–Crippen LogP) is 8.84. The minimum absolute atomic E-state index is 0.0233. The summed E-state index contributed by atoms with van der Waals surface area (Å²) < 4.78 is 184. The lowest BCUT2D eigenvalue weighted by Gasteiger charge is -2.43. The molecule has 2 unspecified atom stereocenters. The minimum atomic E-state index is -8.02. The van der Waals surface area contributed by atoms with Crippen molar-refractivity contribution in [1.82, 2.24) is 0 Å².